The second-order valence-electron chi connectivity index (χ2n) is 29.8. The standard InChI is InChI=1S/C80H156O17P2/c1-7-9-11-13-15-17-19-21-23-25-26-28-30-32-34-39-45-52-58-64-79(84)96-75(68-90-77(82)62-56-50-44-38-33-31-29-27-24-22-20-18-16-14-12-10-8-2)70-94-98(86,87)92-66-74(81)67-93-99(88,89)95-71-76(69-91-78(83)63-57-51-47-41-43-49-55-61-73(5)6)97-80(85)65-59-53-46-40-36-35-37-42-48-54-60-72(3)4/h72-76,81H,7-71H2,1-6H3,(H,86,87)(H,88,89)/t74-,75-,76-/m1/s1. The van der Waals surface area contributed by atoms with E-state index in [1.807, 2.05) is 0 Å². The molecule has 0 fully saturated rings. The third-order valence-corrected chi connectivity index (χ3v) is 20.6. The summed E-state index contributed by atoms with van der Waals surface area (Å²) in [5.74, 6) is -0.654. The highest BCUT2D eigenvalue weighted by molar-refractivity contribution is 7.47. The Balaban J connectivity index is 5.23. The van der Waals surface area contributed by atoms with Crippen LogP contribution in [0.15, 0.2) is 0 Å². The summed E-state index contributed by atoms with van der Waals surface area (Å²) in [6.45, 7) is 9.56. The molecular formula is C80H156O17P2. The van der Waals surface area contributed by atoms with E-state index in [2.05, 4.69) is 41.5 Å². The summed E-state index contributed by atoms with van der Waals surface area (Å²) in [4.78, 5) is 73.0. The molecule has 0 bridgehead atoms. The predicted molar refractivity (Wildman–Crippen MR) is 405 cm³/mol. The van der Waals surface area contributed by atoms with Gasteiger partial charge in [0.15, 0.2) is 12.2 Å². The van der Waals surface area contributed by atoms with E-state index in [4.69, 9.17) is 37.0 Å². The molecule has 0 aliphatic rings. The monoisotopic (exact) mass is 1450 g/mol. The van der Waals surface area contributed by atoms with Crippen LogP contribution in [0.25, 0.3) is 0 Å². The van der Waals surface area contributed by atoms with Gasteiger partial charge in [0.2, 0.25) is 0 Å². The Kier molecular flexibility index (Phi) is 70.3. The fraction of sp³-hybridized carbons (Fsp3) is 0.950. The first kappa shape index (κ1) is 97.1. The van der Waals surface area contributed by atoms with Crippen molar-refractivity contribution in [3.63, 3.8) is 0 Å². The smallest absolute Gasteiger partial charge is 0.462 e. The molecule has 0 amide bonds. The normalized spacial score (nSPS) is 13.9. The van der Waals surface area contributed by atoms with Gasteiger partial charge in [0.25, 0.3) is 0 Å². The third-order valence-electron chi connectivity index (χ3n) is 18.7. The number of aliphatic hydroxyl groups is 1. The van der Waals surface area contributed by atoms with Gasteiger partial charge in [-0.3, -0.25) is 37.3 Å². The van der Waals surface area contributed by atoms with Crippen LogP contribution in [-0.4, -0.2) is 96.7 Å². The fourth-order valence-electron chi connectivity index (χ4n) is 12.4. The summed E-state index contributed by atoms with van der Waals surface area (Å²) in [6, 6.07) is 0. The summed E-state index contributed by atoms with van der Waals surface area (Å²) in [7, 11) is -9.92. The zero-order valence-electron chi connectivity index (χ0n) is 64.8. The van der Waals surface area contributed by atoms with Gasteiger partial charge in [-0.15, -0.1) is 0 Å². The van der Waals surface area contributed by atoms with Crippen LogP contribution in [0, 0.1) is 11.8 Å². The Morgan fingerprint density at radius 1 is 0.273 bits per heavy atom. The third kappa shape index (κ3) is 74.1. The second kappa shape index (κ2) is 71.7. The molecule has 17 nitrogen and oxygen atoms in total. The molecule has 5 atom stereocenters. The summed E-state index contributed by atoms with van der Waals surface area (Å²) in [5, 5.41) is 10.6. The molecule has 0 heterocycles. The predicted octanol–water partition coefficient (Wildman–Crippen LogP) is 23.9. The Hall–Kier alpha value is -1.94. The first-order valence-electron chi connectivity index (χ1n) is 41.5. The summed E-state index contributed by atoms with van der Waals surface area (Å²) < 4.78 is 68.7. The number of phosphoric acid groups is 2. The van der Waals surface area contributed by atoms with E-state index in [1.54, 1.807) is 0 Å². The van der Waals surface area contributed by atoms with E-state index >= 15 is 0 Å². The van der Waals surface area contributed by atoms with Crippen LogP contribution in [0.4, 0.5) is 0 Å². The molecule has 0 radical (unpaired) electrons. The van der Waals surface area contributed by atoms with Gasteiger partial charge in [-0.25, -0.2) is 9.13 Å². The van der Waals surface area contributed by atoms with Crippen LogP contribution in [0.3, 0.4) is 0 Å². The van der Waals surface area contributed by atoms with Crippen LogP contribution in [0.1, 0.15) is 420 Å². The molecule has 588 valence electrons. The van der Waals surface area contributed by atoms with Crippen LogP contribution in [0.5, 0.6) is 0 Å². The van der Waals surface area contributed by atoms with Crippen molar-refractivity contribution in [2.24, 2.45) is 11.8 Å². The van der Waals surface area contributed by atoms with Gasteiger partial charge < -0.3 is 33.8 Å². The summed E-state index contributed by atoms with van der Waals surface area (Å²) in [5.41, 5.74) is 0. The summed E-state index contributed by atoms with van der Waals surface area (Å²) in [6.07, 6.45) is 61.2. The van der Waals surface area contributed by atoms with Gasteiger partial charge in [-0.05, 0) is 37.5 Å². The Bertz CT molecular complexity index is 1910. The number of ether oxygens (including phenoxy) is 4. The SMILES string of the molecule is CCCCCCCCCCCCCCCCCCCCCC(=O)O[C@H](COC(=O)CCCCCCCCCCCCCCCCCCC)COP(=O)(O)OC[C@@H](O)COP(=O)(O)OC[C@@H](COC(=O)CCCCCCCCCC(C)C)OC(=O)CCCCCCCCCCCCC(C)C. The zero-order valence-corrected chi connectivity index (χ0v) is 66.6. The minimum Gasteiger partial charge on any atom is -0.462 e. The minimum absolute atomic E-state index is 0.105. The lowest BCUT2D eigenvalue weighted by Gasteiger charge is -2.21. The van der Waals surface area contributed by atoms with Crippen LogP contribution in [0.2, 0.25) is 0 Å². The molecule has 0 aromatic carbocycles. The first-order chi connectivity index (χ1) is 47.9. The fourth-order valence-corrected chi connectivity index (χ4v) is 13.9. The van der Waals surface area contributed by atoms with Crippen molar-refractivity contribution in [1.29, 1.82) is 0 Å². The second-order valence-corrected chi connectivity index (χ2v) is 32.7. The van der Waals surface area contributed by atoms with Gasteiger partial charge in [0.05, 0.1) is 26.4 Å². The Morgan fingerprint density at radius 2 is 0.465 bits per heavy atom. The molecular weight excluding hydrogens is 1290 g/mol. The van der Waals surface area contributed by atoms with Gasteiger partial charge in [-0.2, -0.15) is 0 Å². The molecule has 2 unspecified atom stereocenters. The number of carbonyl (C=O) groups is 4. The van der Waals surface area contributed by atoms with Gasteiger partial charge in [0.1, 0.15) is 19.3 Å². The minimum atomic E-state index is -4.96. The van der Waals surface area contributed by atoms with Gasteiger partial charge in [0, 0.05) is 25.7 Å². The number of phosphoric ester groups is 2. The highest BCUT2D eigenvalue weighted by Gasteiger charge is 2.30. The zero-order chi connectivity index (χ0) is 72.8. The van der Waals surface area contributed by atoms with E-state index in [0.29, 0.717) is 31.6 Å². The molecule has 0 aliphatic heterocycles. The number of rotatable bonds is 79. The number of aliphatic hydroxyl groups excluding tert-OH is 1. The molecule has 0 aromatic heterocycles. The Labute approximate surface area is 607 Å². The van der Waals surface area contributed by atoms with Crippen LogP contribution >= 0.6 is 15.6 Å². The number of hydrogen-bond acceptors (Lipinski definition) is 15. The molecule has 19 heteroatoms. The van der Waals surface area contributed by atoms with E-state index in [0.717, 1.165) is 102 Å². The summed E-state index contributed by atoms with van der Waals surface area (Å²) >= 11 is 0. The number of esters is 4. The molecule has 0 spiro atoms. The topological polar surface area (TPSA) is 237 Å². The van der Waals surface area contributed by atoms with Crippen LogP contribution in [-0.2, 0) is 65.4 Å². The van der Waals surface area contributed by atoms with Crippen molar-refractivity contribution >= 4 is 39.5 Å². The molecule has 0 saturated heterocycles. The molecule has 0 rings (SSSR count). The molecule has 0 aliphatic carbocycles. The first-order valence-corrected chi connectivity index (χ1v) is 44.5. The maximum atomic E-state index is 13.1. The highest BCUT2D eigenvalue weighted by Crippen LogP contribution is 2.45. The quantitative estimate of drug-likeness (QED) is 0.0222. The van der Waals surface area contributed by atoms with Crippen molar-refractivity contribution in [2.75, 3.05) is 39.6 Å². The van der Waals surface area contributed by atoms with E-state index < -0.39 is 97.5 Å². The lowest BCUT2D eigenvalue weighted by molar-refractivity contribution is -0.161. The Morgan fingerprint density at radius 3 is 0.687 bits per heavy atom. The van der Waals surface area contributed by atoms with Crippen molar-refractivity contribution in [3.8, 4) is 0 Å². The highest BCUT2D eigenvalue weighted by atomic mass is 31.2. The van der Waals surface area contributed by atoms with Gasteiger partial charge in [-0.1, -0.05) is 369 Å². The lowest BCUT2D eigenvalue weighted by Crippen LogP contribution is -2.30. The number of carbonyl (C=O) groups excluding carboxylic acids is 4. The van der Waals surface area contributed by atoms with Crippen molar-refractivity contribution < 1.29 is 80.2 Å². The molecule has 0 saturated carbocycles. The maximum Gasteiger partial charge on any atom is 0.472 e. The van der Waals surface area contributed by atoms with E-state index in [1.165, 1.54) is 231 Å². The molecule has 3 N–H and O–H groups in total. The van der Waals surface area contributed by atoms with Crippen molar-refractivity contribution in [2.45, 2.75) is 439 Å². The maximum absolute atomic E-state index is 13.1. The largest absolute Gasteiger partial charge is 0.472 e. The lowest BCUT2D eigenvalue weighted by atomic mass is 10.0. The average Bonchev–Trinajstić information content (AvgIpc) is 0.984. The molecule has 0 aromatic rings. The van der Waals surface area contributed by atoms with Gasteiger partial charge >= 0.3 is 39.5 Å². The number of hydrogen-bond donors (Lipinski definition) is 3. The van der Waals surface area contributed by atoms with Crippen LogP contribution < -0.4 is 0 Å². The molecule has 99 heavy (non-hydrogen) atoms. The average molecular weight is 1450 g/mol. The van der Waals surface area contributed by atoms with Crippen molar-refractivity contribution in [3.05, 3.63) is 0 Å². The van der Waals surface area contributed by atoms with E-state index in [-0.39, 0.29) is 25.7 Å². The van der Waals surface area contributed by atoms with Crippen molar-refractivity contribution in [1.82, 2.24) is 0 Å². The number of unbranched alkanes of at least 4 members (excludes halogenated alkanes) is 49. The van der Waals surface area contributed by atoms with E-state index in [9.17, 15) is 43.2 Å².